The maximum absolute atomic E-state index is 7.95. The Morgan fingerprint density at radius 1 is 0.187 bits per heavy atom. The number of nitrogens with zero attached hydrogens (tertiary/aromatic N) is 10. The van der Waals surface area contributed by atoms with Crippen molar-refractivity contribution in [2.45, 2.75) is 133 Å². The Labute approximate surface area is 965 Å². The number of aliphatic imine (C=N–C) groups is 10. The number of aryl methyl sites for hydroxylation is 4. The molecule has 150 heavy (non-hydrogen) atoms. The van der Waals surface area contributed by atoms with Gasteiger partial charge < -0.3 is 111 Å². The Kier molecular flexibility index (Phi) is 35.3. The number of benzene rings is 10. The van der Waals surface area contributed by atoms with E-state index in [1.165, 1.54) is 178 Å². The zero-order valence-corrected chi connectivity index (χ0v) is 82.8. The molecule has 0 saturated heterocycles. The largest absolute Gasteiger partial charge is 0.370 e. The van der Waals surface area contributed by atoms with Gasteiger partial charge in [0.2, 0.25) is 0 Å². The molecular weight excluding hydrogens is 1880 g/mol. The molecule has 0 amide bonds. The highest BCUT2D eigenvalue weighted by atomic mass is 15.2. The van der Waals surface area contributed by atoms with Gasteiger partial charge in [-0.25, -0.2) is 0 Å². The lowest BCUT2D eigenvalue weighted by Gasteiger charge is -2.02. The first-order valence-electron chi connectivity index (χ1n) is 71.7. The van der Waals surface area contributed by atoms with Crippen LogP contribution in [0.2, 0.25) is 0 Å². The lowest BCUT2D eigenvalue weighted by Crippen LogP contribution is -2.35. The highest BCUT2D eigenvalue weighted by Crippen LogP contribution is 2.08. The van der Waals surface area contributed by atoms with Crippen LogP contribution in [-0.4, -0.2) is 183 Å². The van der Waals surface area contributed by atoms with Crippen LogP contribution in [0.3, 0.4) is 0 Å². The van der Waals surface area contributed by atoms with Crippen molar-refractivity contribution in [3.05, 3.63) is 358 Å². The summed E-state index contributed by atoms with van der Waals surface area (Å²) in [5, 5.41) is 95.0. The summed E-state index contributed by atoms with van der Waals surface area (Å²) in [6.07, 6.45) is -20.1. The van der Waals surface area contributed by atoms with Crippen LogP contribution >= 0.6 is 0 Å². The molecule has 10 aromatic carbocycles. The topological polar surface area (TPSA) is 743 Å². The molecule has 40 N–H and O–H groups in total. The van der Waals surface area contributed by atoms with Crippen molar-refractivity contribution >= 4 is 118 Å². The van der Waals surface area contributed by atoms with Gasteiger partial charge in [0.25, 0.3) is 0 Å². The lowest BCUT2D eigenvalue weighted by molar-refractivity contribution is 0.955. The zero-order valence-electron chi connectivity index (χ0n) is 140. The molecule has 0 saturated carbocycles. The zero-order chi connectivity index (χ0) is 161. The quantitative estimate of drug-likeness (QED) is 0.0147. The van der Waals surface area contributed by atoms with Gasteiger partial charge in [0.1, 0.15) is 0 Å². The number of nitrogens with two attached hydrogens (primary N) is 10. The molecule has 0 fully saturated rings. The van der Waals surface area contributed by atoms with Crippen LogP contribution in [0, 0.1) is 54.1 Å². The minimum absolute atomic E-state index is 0.00193. The van der Waals surface area contributed by atoms with Gasteiger partial charge in [0.15, 0.2) is 59.6 Å². The molecule has 800 valence electrons. The van der Waals surface area contributed by atoms with E-state index < -0.39 is 188 Å². The number of amidine groups is 10. The predicted molar refractivity (Wildman–Crippen MR) is 632 cm³/mol. The highest BCUT2D eigenvalue weighted by Gasteiger charge is 2.04. The Morgan fingerprint density at radius 3 is 0.720 bits per heavy atom. The second kappa shape index (κ2) is 84.0. The number of rotatable bonds is 30. The van der Waals surface area contributed by atoms with Gasteiger partial charge >= 0.3 is 0 Å². The normalized spacial score (nSPS) is 19.7. The summed E-state index contributed by atoms with van der Waals surface area (Å²) in [5.41, 5.74) is 52.3. The Hall–Kier alpha value is -18.4. The van der Waals surface area contributed by atoms with E-state index in [4.69, 9.17) is 190 Å². The first-order chi connectivity index (χ1) is 94.4. The molecule has 40 heteroatoms. The second-order valence-corrected chi connectivity index (χ2v) is 27.0. The molecule has 0 aliphatic heterocycles. The third-order valence-electron chi connectivity index (χ3n) is 13.4. The van der Waals surface area contributed by atoms with Crippen LogP contribution in [0.1, 0.15) is 203 Å². The molecule has 0 aliphatic rings. The van der Waals surface area contributed by atoms with Crippen LogP contribution < -0.4 is 111 Å². The maximum Gasteiger partial charge on any atom is 0.194 e. The first-order valence-corrected chi connectivity index (χ1v) is 42.5. The fourth-order valence-electron chi connectivity index (χ4n) is 8.05. The van der Waals surface area contributed by atoms with Crippen molar-refractivity contribution < 1.29 is 78.1 Å². The average molecular weight is 2100 g/mol. The standard InChI is InChI=1S/10C11H16N4/c10*1-9(12)15-11(13)14-8-7-10-5-3-2-4-6-10/h10*2-6H,7-8H2,1H3,(H4,12,13,14,15)/i3D,4D,5D,6D,7D2,8D;3D,4D,5D,6D,7D,8D;3D,5D,6D,7D2,8D;3D,5D,6D,7D,8D;3D,4D,5D,7D2,8D;5D,6D,7D2,8D2;5D,6D,7D,8D2;3D,6D,7D2,8D2;3D,6D,7D,8D2;3D,5D,7D,8D2. The van der Waals surface area contributed by atoms with Crippen molar-refractivity contribution in [2.75, 3.05) is 65.1 Å². The van der Waals surface area contributed by atoms with Crippen molar-refractivity contribution in [1.29, 1.82) is 54.1 Å². The van der Waals surface area contributed by atoms with Crippen LogP contribution in [0.15, 0.2) is 353 Å². The third kappa shape index (κ3) is 82.1. The summed E-state index contributed by atoms with van der Waals surface area (Å²) in [5.74, 6) is -3.31. The van der Waals surface area contributed by atoms with Gasteiger partial charge in [0.05, 0.1) is 116 Å². The van der Waals surface area contributed by atoms with E-state index in [1.54, 1.807) is 0 Å². The van der Waals surface area contributed by atoms with E-state index in [2.05, 4.69) is 103 Å². The average Bonchev–Trinajstić information content (AvgIpc) is 0.765. The van der Waals surface area contributed by atoms with E-state index in [0.717, 1.165) is 30.3 Å². The van der Waals surface area contributed by atoms with Gasteiger partial charge in [-0.15, -0.1) is 0 Å². The molecule has 0 radical (unpaired) electrons. The van der Waals surface area contributed by atoms with Crippen molar-refractivity contribution in [1.82, 2.24) is 53.2 Å². The number of hydrogen-bond acceptors (Lipinski definition) is 20. The maximum atomic E-state index is 7.95. The van der Waals surface area contributed by atoms with Crippen molar-refractivity contribution in [2.24, 2.45) is 107 Å². The first kappa shape index (κ1) is 63.1. The summed E-state index contributed by atoms with van der Waals surface area (Å²) in [7, 11) is 0. The number of guanidine groups is 10. The Balaban J connectivity index is 0.00000115. The SMILES string of the molecule is [2H]c1cc([2H])c([2H])c(C([2H])([2H])C([2H])N=C(N)NC(C)=N)c1.[2H]c1cc([2H])c([2H])c(C([2H])([2H])C([2H])N=C(N)NC(C)=N)c1[2H].[2H]c1cc([2H])c([2H])c(C([2H])C([2H])N=C(N)NC(C)=N)c1[2H].[2H]c1ccc([2H])c(C([2H])([2H])C([2H])([2H])N=C(N)NC(C)=N)c1.[2H]c1ccc([2H])c(C([2H])([2H])C([2H])N=C(N)NC(C)=N)c1[2H].[2H]c1ccc([2H])c(C([2H])C([2H])([2H])N=C(N)NC(C)=N)c1.[2H]c1ccc([2H])c(C([2H])C([2H])N=C(N)NC(C)=N)c1[2H].[2H]c1cccc(C([2H])C([2H])([2H])N=C(N)NC(C)=N)c1[2H].[2H]c1cccc([2H])c1C([2H])([2H])C([2H])([2H])N=C(N)NC(C)=N.[2H]c1cccc([2H])c1C([2H])C([2H])([2H])N=C(N)NC(C)=N. The van der Waals surface area contributed by atoms with Crippen molar-refractivity contribution in [3.8, 4) is 0 Å². The van der Waals surface area contributed by atoms with E-state index in [9.17, 15) is 0 Å². The fourth-order valence-corrected chi connectivity index (χ4v) is 8.05. The van der Waals surface area contributed by atoms with E-state index in [-0.39, 0.29) is 277 Å². The summed E-state index contributed by atoms with van der Waals surface area (Å²) in [6.45, 7) is -6.74. The third-order valence-corrected chi connectivity index (χ3v) is 13.4. The van der Waals surface area contributed by atoms with E-state index >= 15 is 0 Å². The minimum atomic E-state index is -2.81. The van der Waals surface area contributed by atoms with Crippen LogP contribution in [0.25, 0.3) is 0 Å². The molecule has 0 bridgehead atoms. The van der Waals surface area contributed by atoms with Crippen LogP contribution in [0.4, 0.5) is 0 Å². The predicted octanol–water partition coefficient (Wildman–Crippen LogP) is 11.3. The molecule has 10 unspecified atom stereocenters. The van der Waals surface area contributed by atoms with Gasteiger partial charge in [-0.1, -0.05) is 303 Å². The summed E-state index contributed by atoms with van der Waals surface area (Å²) >= 11 is 0. The summed E-state index contributed by atoms with van der Waals surface area (Å²) < 4.78 is 441. The molecule has 10 atom stereocenters. The minimum Gasteiger partial charge on any atom is -0.370 e. The monoisotopic (exact) mass is 2100 g/mol. The van der Waals surface area contributed by atoms with E-state index in [1.807, 2.05) is 0 Å². The van der Waals surface area contributed by atoms with Crippen LogP contribution in [-0.2, 0) is 63.8 Å². The molecule has 0 aliphatic carbocycles. The Bertz CT molecular complexity index is 8970. The van der Waals surface area contributed by atoms with E-state index in [0.29, 0.717) is 0 Å². The molecule has 0 aromatic heterocycles. The summed E-state index contributed by atoms with van der Waals surface area (Å²) in [6, 6.07) is 22.8. The molecule has 40 nitrogen and oxygen atoms in total. The number of nitrogens with one attached hydrogen (secondary N) is 20. The fraction of sp³-hybridized carbons (Fsp3) is 0.273. The van der Waals surface area contributed by atoms with Gasteiger partial charge in [-0.2, -0.15) is 0 Å². The smallest absolute Gasteiger partial charge is 0.194 e. The van der Waals surface area contributed by atoms with Gasteiger partial charge in [-0.3, -0.25) is 104 Å². The molecule has 10 aromatic rings. The lowest BCUT2D eigenvalue weighted by atomic mass is 10.2. The van der Waals surface area contributed by atoms with Gasteiger partial charge in [-0.05, 0) is 189 Å². The molecule has 0 heterocycles. The van der Waals surface area contributed by atoms with Gasteiger partial charge in [0, 0.05) is 85.6 Å². The van der Waals surface area contributed by atoms with Crippen molar-refractivity contribution in [3.63, 3.8) is 0 Å². The summed E-state index contributed by atoms with van der Waals surface area (Å²) in [4.78, 5) is 35.5. The highest BCUT2D eigenvalue weighted by molar-refractivity contribution is 6.01. The molecule has 0 spiro atoms. The molecular formula is C110H160N40. The Morgan fingerprint density at radius 2 is 0.373 bits per heavy atom. The van der Waals surface area contributed by atoms with Crippen LogP contribution in [0.5, 0.6) is 0 Å². The molecule has 10 rings (SSSR count). The number of hydrogen-bond donors (Lipinski definition) is 30. The second-order valence-electron chi connectivity index (χ2n) is 27.0.